The lowest BCUT2D eigenvalue weighted by atomic mass is 10.2. The van der Waals surface area contributed by atoms with Gasteiger partial charge in [0.1, 0.15) is 11.5 Å². The van der Waals surface area contributed by atoms with Crippen LogP contribution in [0.25, 0.3) is 0 Å². The third-order valence-corrected chi connectivity index (χ3v) is 3.37. The summed E-state index contributed by atoms with van der Waals surface area (Å²) in [6.07, 6.45) is 0.890. The van der Waals surface area contributed by atoms with E-state index in [4.69, 9.17) is 14.6 Å². The minimum absolute atomic E-state index is 0.00986. The van der Waals surface area contributed by atoms with Crippen LogP contribution in [0.15, 0.2) is 24.3 Å². The van der Waals surface area contributed by atoms with E-state index >= 15 is 0 Å². The summed E-state index contributed by atoms with van der Waals surface area (Å²) in [5, 5.41) is 8.74. The molecule has 1 aromatic carbocycles. The molecule has 0 heterocycles. The maximum atomic E-state index is 12.2. The Bertz CT molecular complexity index is 498. The molecule has 23 heavy (non-hydrogen) atoms. The van der Waals surface area contributed by atoms with Gasteiger partial charge in [0.2, 0.25) is 5.91 Å². The van der Waals surface area contributed by atoms with Gasteiger partial charge in [-0.3, -0.25) is 9.59 Å². The first-order valence-corrected chi connectivity index (χ1v) is 7.72. The Balaban J connectivity index is 2.34. The van der Waals surface area contributed by atoms with Crippen molar-refractivity contribution in [1.82, 2.24) is 4.90 Å². The van der Waals surface area contributed by atoms with Gasteiger partial charge in [-0.15, -0.1) is 0 Å². The van der Waals surface area contributed by atoms with Crippen LogP contribution in [0.4, 0.5) is 0 Å². The molecular weight excluding hydrogens is 298 g/mol. The van der Waals surface area contributed by atoms with Crippen molar-refractivity contribution in [2.24, 2.45) is 0 Å². The molecule has 0 aliphatic rings. The van der Waals surface area contributed by atoms with E-state index in [2.05, 4.69) is 0 Å². The Kier molecular flexibility index (Phi) is 7.94. The summed E-state index contributed by atoms with van der Waals surface area (Å²) in [5.41, 5.74) is 0. The summed E-state index contributed by atoms with van der Waals surface area (Å²) < 4.78 is 10.6. The van der Waals surface area contributed by atoms with Gasteiger partial charge in [0.15, 0.2) is 0 Å². The number of aliphatic carboxylic acids is 1. The van der Waals surface area contributed by atoms with Crippen LogP contribution in [0.3, 0.4) is 0 Å². The van der Waals surface area contributed by atoms with Gasteiger partial charge in [0.25, 0.3) is 0 Å². The van der Waals surface area contributed by atoms with Crippen molar-refractivity contribution in [1.29, 1.82) is 0 Å². The quantitative estimate of drug-likeness (QED) is 0.670. The van der Waals surface area contributed by atoms with Gasteiger partial charge < -0.3 is 19.5 Å². The van der Waals surface area contributed by atoms with E-state index in [0.717, 1.165) is 11.5 Å². The molecule has 6 heteroatoms. The second kappa shape index (κ2) is 9.71. The van der Waals surface area contributed by atoms with Crippen molar-refractivity contribution in [3.05, 3.63) is 24.3 Å². The minimum Gasteiger partial charge on any atom is -0.497 e. The molecule has 1 rings (SSSR count). The van der Waals surface area contributed by atoms with Gasteiger partial charge in [0.05, 0.1) is 20.1 Å². The number of carboxylic acid groups (broad SMARTS) is 1. The maximum absolute atomic E-state index is 12.2. The average Bonchev–Trinajstić information content (AvgIpc) is 2.51. The van der Waals surface area contributed by atoms with Crippen molar-refractivity contribution in [2.45, 2.75) is 39.2 Å². The van der Waals surface area contributed by atoms with Crippen molar-refractivity contribution >= 4 is 11.9 Å². The Morgan fingerprint density at radius 3 is 2.26 bits per heavy atom. The fourth-order valence-corrected chi connectivity index (χ4v) is 2.12. The number of carbonyl (C=O) groups is 2. The Morgan fingerprint density at radius 1 is 1.13 bits per heavy atom. The van der Waals surface area contributed by atoms with Crippen molar-refractivity contribution < 1.29 is 24.2 Å². The van der Waals surface area contributed by atoms with E-state index in [-0.39, 0.29) is 24.9 Å². The summed E-state index contributed by atoms with van der Waals surface area (Å²) in [6, 6.07) is 7.24. The molecule has 0 aliphatic carbocycles. The van der Waals surface area contributed by atoms with Gasteiger partial charge in [-0.05, 0) is 44.5 Å². The largest absolute Gasteiger partial charge is 0.497 e. The highest BCUT2D eigenvalue weighted by Crippen LogP contribution is 2.17. The van der Waals surface area contributed by atoms with Crippen LogP contribution in [0.1, 0.15) is 33.1 Å². The molecule has 0 radical (unpaired) electrons. The van der Waals surface area contributed by atoms with Crippen LogP contribution in [0.2, 0.25) is 0 Å². The predicted octanol–water partition coefficient (Wildman–Crippen LogP) is 2.57. The number of nitrogens with zero attached hydrogens (tertiary/aromatic N) is 1. The van der Waals surface area contributed by atoms with Crippen LogP contribution >= 0.6 is 0 Å². The number of ether oxygens (including phenoxy) is 2. The topological polar surface area (TPSA) is 76.1 Å². The van der Waals surface area contributed by atoms with Crippen LogP contribution in [-0.2, 0) is 9.59 Å². The third-order valence-electron chi connectivity index (χ3n) is 3.37. The van der Waals surface area contributed by atoms with Crippen LogP contribution < -0.4 is 9.47 Å². The first kappa shape index (κ1) is 18.8. The van der Waals surface area contributed by atoms with Gasteiger partial charge in [0, 0.05) is 19.0 Å². The van der Waals surface area contributed by atoms with E-state index < -0.39 is 5.97 Å². The molecule has 0 saturated carbocycles. The zero-order valence-corrected chi connectivity index (χ0v) is 13.9. The van der Waals surface area contributed by atoms with Crippen molar-refractivity contribution in [2.75, 3.05) is 20.3 Å². The number of rotatable bonds is 10. The molecule has 6 nitrogen and oxygen atoms in total. The summed E-state index contributed by atoms with van der Waals surface area (Å²) in [5.74, 6) is 0.550. The maximum Gasteiger partial charge on any atom is 0.305 e. The molecule has 1 N–H and O–H groups in total. The number of amides is 1. The number of methoxy groups -OCH3 is 1. The molecule has 1 aromatic rings. The minimum atomic E-state index is -0.897. The lowest BCUT2D eigenvalue weighted by molar-refractivity contribution is -0.139. The van der Waals surface area contributed by atoms with E-state index in [1.165, 1.54) is 0 Å². The molecule has 0 spiro atoms. The molecule has 0 aliphatic heterocycles. The molecule has 0 aromatic heterocycles. The van der Waals surface area contributed by atoms with Crippen LogP contribution in [0.5, 0.6) is 11.5 Å². The Labute approximate surface area is 137 Å². The van der Waals surface area contributed by atoms with Crippen molar-refractivity contribution in [3.63, 3.8) is 0 Å². The van der Waals surface area contributed by atoms with E-state index in [1.54, 1.807) is 12.0 Å². The zero-order valence-electron chi connectivity index (χ0n) is 13.9. The number of hydrogen-bond donors (Lipinski definition) is 1. The SMILES string of the molecule is COc1ccc(OCCCC(=O)N(CCC(=O)O)C(C)C)cc1. The zero-order chi connectivity index (χ0) is 17.2. The Morgan fingerprint density at radius 2 is 1.74 bits per heavy atom. The fraction of sp³-hybridized carbons (Fsp3) is 0.529. The van der Waals surface area contributed by atoms with Gasteiger partial charge in [-0.25, -0.2) is 0 Å². The fourth-order valence-electron chi connectivity index (χ4n) is 2.12. The van der Waals surface area contributed by atoms with E-state index in [0.29, 0.717) is 19.4 Å². The van der Waals surface area contributed by atoms with Gasteiger partial charge >= 0.3 is 5.97 Å². The summed E-state index contributed by atoms with van der Waals surface area (Å²) in [7, 11) is 1.60. The first-order valence-electron chi connectivity index (χ1n) is 7.72. The normalized spacial score (nSPS) is 10.4. The number of benzene rings is 1. The highest BCUT2D eigenvalue weighted by molar-refractivity contribution is 5.77. The lowest BCUT2D eigenvalue weighted by Crippen LogP contribution is -2.38. The van der Waals surface area contributed by atoms with Gasteiger partial charge in [-0.1, -0.05) is 0 Å². The highest BCUT2D eigenvalue weighted by atomic mass is 16.5. The van der Waals surface area contributed by atoms with Crippen LogP contribution in [0, 0.1) is 0 Å². The number of hydrogen-bond acceptors (Lipinski definition) is 4. The summed E-state index contributed by atoms with van der Waals surface area (Å²) >= 11 is 0. The van der Waals surface area contributed by atoms with Gasteiger partial charge in [-0.2, -0.15) is 0 Å². The molecule has 0 unspecified atom stereocenters. The molecule has 0 fully saturated rings. The predicted molar refractivity (Wildman–Crippen MR) is 86.8 cm³/mol. The highest BCUT2D eigenvalue weighted by Gasteiger charge is 2.17. The average molecular weight is 323 g/mol. The van der Waals surface area contributed by atoms with Crippen LogP contribution in [-0.4, -0.2) is 48.2 Å². The number of carbonyl (C=O) groups excluding carboxylic acids is 1. The Hall–Kier alpha value is -2.24. The summed E-state index contributed by atoms with van der Waals surface area (Å²) in [6.45, 7) is 4.44. The third kappa shape index (κ3) is 7.04. The molecule has 1 amide bonds. The molecule has 0 bridgehead atoms. The second-order valence-corrected chi connectivity index (χ2v) is 5.45. The molecule has 0 atom stereocenters. The van der Waals surface area contributed by atoms with Crippen molar-refractivity contribution in [3.8, 4) is 11.5 Å². The molecule has 0 saturated heterocycles. The second-order valence-electron chi connectivity index (χ2n) is 5.45. The standard InChI is InChI=1S/C17H25NO5/c1-13(2)18(11-10-17(20)21)16(19)5-4-12-23-15-8-6-14(22-3)7-9-15/h6-9,13H,4-5,10-12H2,1-3H3,(H,20,21). The number of carboxylic acids is 1. The molecule has 128 valence electrons. The van der Waals surface area contributed by atoms with E-state index in [1.807, 2.05) is 38.1 Å². The first-order chi connectivity index (χ1) is 10.9. The lowest BCUT2D eigenvalue weighted by Gasteiger charge is -2.26. The molecular formula is C17H25NO5. The monoisotopic (exact) mass is 323 g/mol. The smallest absolute Gasteiger partial charge is 0.305 e. The summed E-state index contributed by atoms with van der Waals surface area (Å²) in [4.78, 5) is 24.4. The van der Waals surface area contributed by atoms with E-state index in [9.17, 15) is 9.59 Å².